The van der Waals surface area contributed by atoms with E-state index in [4.69, 9.17) is 0 Å². The molecule has 0 aliphatic heterocycles. The molecule has 0 aromatic heterocycles. The van der Waals surface area contributed by atoms with Crippen LogP contribution < -0.4 is 0 Å². The van der Waals surface area contributed by atoms with Crippen molar-refractivity contribution in [3.63, 3.8) is 0 Å². The Labute approximate surface area is 178 Å². The lowest BCUT2D eigenvalue weighted by atomic mass is 9.89. The van der Waals surface area contributed by atoms with Gasteiger partial charge in [-0.2, -0.15) is 0 Å². The summed E-state index contributed by atoms with van der Waals surface area (Å²) in [7, 11) is 0. The fourth-order valence-corrected chi connectivity index (χ4v) is 4.50. The summed E-state index contributed by atoms with van der Waals surface area (Å²) in [6.45, 7) is 8.78. The predicted octanol–water partition coefficient (Wildman–Crippen LogP) is 8.56. The van der Waals surface area contributed by atoms with Crippen molar-refractivity contribution in [2.45, 2.75) is 27.7 Å². The molecular formula is C30H26. The molecule has 5 aromatic carbocycles. The second-order valence-electron chi connectivity index (χ2n) is 8.50. The Morgan fingerprint density at radius 2 is 0.667 bits per heavy atom. The van der Waals surface area contributed by atoms with Crippen LogP contribution in [0.2, 0.25) is 0 Å². The lowest BCUT2D eigenvalue weighted by molar-refractivity contribution is 1.46. The molecule has 0 radical (unpaired) electrons. The number of benzene rings is 5. The minimum Gasteiger partial charge on any atom is -0.0587 e. The van der Waals surface area contributed by atoms with E-state index in [9.17, 15) is 0 Å². The van der Waals surface area contributed by atoms with Crippen LogP contribution in [0.25, 0.3) is 43.8 Å². The molecule has 0 amide bonds. The maximum absolute atomic E-state index is 2.36. The predicted molar refractivity (Wildman–Crippen MR) is 131 cm³/mol. The van der Waals surface area contributed by atoms with E-state index in [1.807, 2.05) is 0 Å². The van der Waals surface area contributed by atoms with Gasteiger partial charge in [-0.3, -0.25) is 0 Å². The minimum absolute atomic E-state index is 1.27. The van der Waals surface area contributed by atoms with Crippen molar-refractivity contribution < 1.29 is 0 Å². The van der Waals surface area contributed by atoms with Crippen molar-refractivity contribution in [1.82, 2.24) is 0 Å². The molecule has 0 heterocycles. The minimum atomic E-state index is 1.27. The summed E-state index contributed by atoms with van der Waals surface area (Å²) in [5, 5.41) is 5.39. The fraction of sp³-hybridized carbons (Fsp3) is 0.133. The van der Waals surface area contributed by atoms with Gasteiger partial charge in [0.25, 0.3) is 0 Å². The molecule has 5 rings (SSSR count). The third kappa shape index (κ3) is 3.09. The molecule has 30 heavy (non-hydrogen) atoms. The van der Waals surface area contributed by atoms with Gasteiger partial charge < -0.3 is 0 Å². The number of hydrogen-bond donors (Lipinski definition) is 0. The first kappa shape index (κ1) is 18.6. The van der Waals surface area contributed by atoms with Gasteiger partial charge in [-0.1, -0.05) is 83.9 Å². The topological polar surface area (TPSA) is 0 Å². The summed E-state index contributed by atoms with van der Waals surface area (Å²) >= 11 is 0. The molecule has 0 heteroatoms. The quantitative estimate of drug-likeness (QED) is 0.267. The molecule has 146 valence electrons. The molecule has 0 nitrogen and oxygen atoms in total. The molecule has 0 bridgehead atoms. The van der Waals surface area contributed by atoms with E-state index >= 15 is 0 Å². The summed E-state index contributed by atoms with van der Waals surface area (Å²) in [5.74, 6) is 0. The Morgan fingerprint density at radius 1 is 0.333 bits per heavy atom. The van der Waals surface area contributed by atoms with Crippen LogP contribution in [0.15, 0.2) is 84.9 Å². The van der Waals surface area contributed by atoms with E-state index in [2.05, 4.69) is 113 Å². The molecule has 0 unspecified atom stereocenters. The lowest BCUT2D eigenvalue weighted by Crippen LogP contribution is -1.90. The van der Waals surface area contributed by atoms with Gasteiger partial charge in [-0.05, 0) is 94.8 Å². The molecule has 0 aliphatic rings. The van der Waals surface area contributed by atoms with Gasteiger partial charge in [0.2, 0.25) is 0 Å². The normalized spacial score (nSPS) is 11.3. The average molecular weight is 387 g/mol. The summed E-state index contributed by atoms with van der Waals surface area (Å²) in [6, 6.07) is 31.4. The molecule has 0 saturated carbocycles. The van der Waals surface area contributed by atoms with Gasteiger partial charge in [-0.25, -0.2) is 0 Å². The van der Waals surface area contributed by atoms with Gasteiger partial charge in [0.15, 0.2) is 0 Å². The molecule has 0 spiro atoms. The van der Waals surface area contributed by atoms with Crippen LogP contribution in [-0.4, -0.2) is 0 Å². The van der Waals surface area contributed by atoms with Crippen LogP contribution in [0, 0.1) is 27.7 Å². The second kappa shape index (κ2) is 7.15. The first-order valence-electron chi connectivity index (χ1n) is 10.6. The zero-order valence-corrected chi connectivity index (χ0v) is 18.1. The van der Waals surface area contributed by atoms with Crippen molar-refractivity contribution in [3.8, 4) is 22.3 Å². The zero-order valence-electron chi connectivity index (χ0n) is 18.1. The number of hydrogen-bond acceptors (Lipinski definition) is 0. The molecule has 0 N–H and O–H groups in total. The van der Waals surface area contributed by atoms with Gasteiger partial charge in [0.05, 0.1) is 0 Å². The van der Waals surface area contributed by atoms with Crippen LogP contribution in [0.1, 0.15) is 22.3 Å². The Kier molecular flexibility index (Phi) is 4.44. The van der Waals surface area contributed by atoms with Gasteiger partial charge in [-0.15, -0.1) is 0 Å². The Bertz CT molecular complexity index is 1270. The average Bonchev–Trinajstić information content (AvgIpc) is 2.78. The first-order valence-corrected chi connectivity index (χ1v) is 10.6. The van der Waals surface area contributed by atoms with Crippen LogP contribution >= 0.6 is 0 Å². The third-order valence-corrected chi connectivity index (χ3v) is 6.42. The standard InChI is InChI=1S/C30H26/c1-19-5-9-23(10-6-19)25-13-15-27-22(4)30-18-26(24-11-7-20(2)8-12-24)14-16-28(30)21(3)29(27)17-25/h5-18H,1-4H3. The van der Waals surface area contributed by atoms with E-state index in [0.29, 0.717) is 0 Å². The van der Waals surface area contributed by atoms with Crippen LogP contribution in [-0.2, 0) is 0 Å². The molecule has 0 aliphatic carbocycles. The Hall–Kier alpha value is -3.38. The van der Waals surface area contributed by atoms with Crippen LogP contribution in [0.5, 0.6) is 0 Å². The van der Waals surface area contributed by atoms with E-state index in [1.54, 1.807) is 0 Å². The summed E-state index contributed by atoms with van der Waals surface area (Å²) in [5.41, 5.74) is 10.4. The summed E-state index contributed by atoms with van der Waals surface area (Å²) < 4.78 is 0. The number of fused-ring (bicyclic) bond motifs is 2. The Balaban J connectivity index is 1.71. The molecule has 0 fully saturated rings. The highest BCUT2D eigenvalue weighted by atomic mass is 14.2. The van der Waals surface area contributed by atoms with Gasteiger partial charge in [0, 0.05) is 0 Å². The largest absolute Gasteiger partial charge is 0.0587 e. The first-order chi connectivity index (χ1) is 14.5. The highest BCUT2D eigenvalue weighted by Gasteiger charge is 2.11. The van der Waals surface area contributed by atoms with E-state index in [-0.39, 0.29) is 0 Å². The fourth-order valence-electron chi connectivity index (χ4n) is 4.50. The highest BCUT2D eigenvalue weighted by molar-refractivity contribution is 6.07. The highest BCUT2D eigenvalue weighted by Crippen LogP contribution is 2.36. The molecule has 5 aromatic rings. The third-order valence-electron chi connectivity index (χ3n) is 6.42. The SMILES string of the molecule is Cc1ccc(-c2ccc3c(C)c4cc(-c5ccc(C)cc5)ccc4c(C)c3c2)cc1. The van der Waals surface area contributed by atoms with E-state index in [1.165, 1.54) is 66.1 Å². The van der Waals surface area contributed by atoms with Crippen molar-refractivity contribution in [1.29, 1.82) is 0 Å². The maximum Gasteiger partial charge on any atom is -0.0139 e. The Morgan fingerprint density at radius 3 is 1.03 bits per heavy atom. The van der Waals surface area contributed by atoms with Crippen molar-refractivity contribution in [2.75, 3.05) is 0 Å². The summed E-state index contributed by atoms with van der Waals surface area (Å²) in [6.07, 6.45) is 0. The van der Waals surface area contributed by atoms with Crippen molar-refractivity contribution in [2.24, 2.45) is 0 Å². The molecular weight excluding hydrogens is 360 g/mol. The van der Waals surface area contributed by atoms with E-state index < -0.39 is 0 Å². The number of rotatable bonds is 2. The van der Waals surface area contributed by atoms with E-state index in [0.717, 1.165) is 0 Å². The zero-order chi connectivity index (χ0) is 20.8. The van der Waals surface area contributed by atoms with Gasteiger partial charge >= 0.3 is 0 Å². The van der Waals surface area contributed by atoms with Crippen molar-refractivity contribution >= 4 is 21.5 Å². The molecule has 0 atom stereocenters. The van der Waals surface area contributed by atoms with Crippen LogP contribution in [0.4, 0.5) is 0 Å². The van der Waals surface area contributed by atoms with Gasteiger partial charge in [0.1, 0.15) is 0 Å². The lowest BCUT2D eigenvalue weighted by Gasteiger charge is -2.15. The van der Waals surface area contributed by atoms with Crippen LogP contribution in [0.3, 0.4) is 0 Å². The summed E-state index contributed by atoms with van der Waals surface area (Å²) in [4.78, 5) is 0. The van der Waals surface area contributed by atoms with Crippen molar-refractivity contribution in [3.05, 3.63) is 107 Å². The second-order valence-corrected chi connectivity index (χ2v) is 8.50. The smallest absolute Gasteiger partial charge is 0.0139 e. The number of aryl methyl sites for hydroxylation is 4. The maximum atomic E-state index is 2.36. The monoisotopic (exact) mass is 386 g/mol. The molecule has 0 saturated heterocycles.